The Bertz CT molecular complexity index is 576. The molecule has 2 aliphatic rings. The van der Waals surface area contributed by atoms with Gasteiger partial charge >= 0.3 is 6.09 Å². The lowest BCUT2D eigenvalue weighted by Gasteiger charge is -2.37. The van der Waals surface area contributed by atoms with Crippen molar-refractivity contribution in [3.8, 4) is 0 Å². The second kappa shape index (κ2) is 9.23. The maximum absolute atomic E-state index is 13.2. The number of rotatable bonds is 6. The molecule has 0 aromatic carbocycles. The SMILES string of the molecule is CC(C)[C@H](CC1OC(C)(C)N(C(=O)OC(C)(C)C)C1CC1CCCCC1)C(N)=O. The summed E-state index contributed by atoms with van der Waals surface area (Å²) in [5.74, 6) is 0.131. The molecule has 0 bridgehead atoms. The minimum atomic E-state index is -0.786. The van der Waals surface area contributed by atoms with E-state index in [-0.39, 0.29) is 36.0 Å². The van der Waals surface area contributed by atoms with E-state index < -0.39 is 11.3 Å². The fourth-order valence-corrected chi connectivity index (χ4v) is 4.93. The number of primary amides is 1. The molecule has 6 nitrogen and oxygen atoms in total. The molecule has 2 fully saturated rings. The standard InChI is InChI=1S/C23H42N2O4/c1-15(2)17(20(24)26)14-19-18(13-16-11-9-8-10-12-16)25(23(6,7)28-19)21(27)29-22(3,4)5/h15-19H,8-14H2,1-7H3,(H2,24,26)/t17-,18?,19?/m0/s1. The average molecular weight is 411 g/mol. The van der Waals surface area contributed by atoms with Gasteiger partial charge in [-0.15, -0.1) is 0 Å². The van der Waals surface area contributed by atoms with Gasteiger partial charge in [-0.05, 0) is 59.3 Å². The summed E-state index contributed by atoms with van der Waals surface area (Å²) in [5, 5.41) is 0. The monoisotopic (exact) mass is 410 g/mol. The van der Waals surface area contributed by atoms with Crippen molar-refractivity contribution in [1.82, 2.24) is 4.90 Å². The Morgan fingerprint density at radius 3 is 2.24 bits per heavy atom. The summed E-state index contributed by atoms with van der Waals surface area (Å²) in [6, 6.07) is -0.108. The van der Waals surface area contributed by atoms with Crippen molar-refractivity contribution < 1.29 is 19.1 Å². The highest BCUT2D eigenvalue weighted by Gasteiger charge is 2.52. The van der Waals surface area contributed by atoms with Gasteiger partial charge in [-0.25, -0.2) is 4.79 Å². The molecule has 2 N–H and O–H groups in total. The fourth-order valence-electron chi connectivity index (χ4n) is 4.93. The summed E-state index contributed by atoms with van der Waals surface area (Å²) < 4.78 is 12.1. The highest BCUT2D eigenvalue weighted by Crippen LogP contribution is 2.41. The van der Waals surface area contributed by atoms with Crippen LogP contribution in [0.3, 0.4) is 0 Å². The Labute approximate surface area is 176 Å². The minimum Gasteiger partial charge on any atom is -0.444 e. The van der Waals surface area contributed by atoms with Crippen molar-refractivity contribution >= 4 is 12.0 Å². The largest absolute Gasteiger partial charge is 0.444 e. The van der Waals surface area contributed by atoms with Crippen LogP contribution in [0.4, 0.5) is 4.79 Å². The molecule has 2 amide bonds. The second-order valence-corrected chi connectivity index (χ2v) is 10.7. The molecule has 168 valence electrons. The highest BCUT2D eigenvalue weighted by molar-refractivity contribution is 5.77. The first-order valence-electron chi connectivity index (χ1n) is 11.3. The third-order valence-corrected chi connectivity index (χ3v) is 6.33. The van der Waals surface area contributed by atoms with E-state index in [4.69, 9.17) is 15.2 Å². The van der Waals surface area contributed by atoms with Crippen LogP contribution in [-0.2, 0) is 14.3 Å². The van der Waals surface area contributed by atoms with Crippen LogP contribution in [0.15, 0.2) is 0 Å². The Morgan fingerprint density at radius 1 is 1.17 bits per heavy atom. The Kier molecular flexibility index (Phi) is 7.63. The Balaban J connectivity index is 2.30. The summed E-state index contributed by atoms with van der Waals surface area (Å²) in [7, 11) is 0. The van der Waals surface area contributed by atoms with E-state index in [1.54, 1.807) is 4.90 Å². The molecule has 3 atom stereocenters. The second-order valence-electron chi connectivity index (χ2n) is 10.7. The third kappa shape index (κ3) is 6.34. The molecule has 2 unspecified atom stereocenters. The van der Waals surface area contributed by atoms with E-state index in [2.05, 4.69) is 0 Å². The van der Waals surface area contributed by atoms with Crippen molar-refractivity contribution in [2.75, 3.05) is 0 Å². The summed E-state index contributed by atoms with van der Waals surface area (Å²) in [6.45, 7) is 13.5. The zero-order chi connectivity index (χ0) is 22.0. The maximum atomic E-state index is 13.2. The summed E-state index contributed by atoms with van der Waals surface area (Å²) in [5.41, 5.74) is 4.33. The van der Waals surface area contributed by atoms with Gasteiger partial charge in [0, 0.05) is 5.92 Å². The van der Waals surface area contributed by atoms with Gasteiger partial charge in [0.25, 0.3) is 0 Å². The number of nitrogens with zero attached hydrogens (tertiary/aromatic N) is 1. The van der Waals surface area contributed by atoms with Crippen molar-refractivity contribution in [1.29, 1.82) is 0 Å². The molecule has 1 saturated heterocycles. The summed E-state index contributed by atoms with van der Waals surface area (Å²) in [4.78, 5) is 27.0. The lowest BCUT2D eigenvalue weighted by Crippen LogP contribution is -2.51. The lowest BCUT2D eigenvalue weighted by atomic mass is 9.81. The molecule has 1 aliphatic heterocycles. The first kappa shape index (κ1) is 24.0. The first-order chi connectivity index (χ1) is 13.3. The van der Waals surface area contributed by atoms with E-state index in [1.165, 1.54) is 32.1 Å². The number of amides is 2. The third-order valence-electron chi connectivity index (χ3n) is 6.33. The Morgan fingerprint density at radius 2 is 1.76 bits per heavy atom. The van der Waals surface area contributed by atoms with E-state index >= 15 is 0 Å². The van der Waals surface area contributed by atoms with Gasteiger partial charge in [-0.2, -0.15) is 0 Å². The van der Waals surface area contributed by atoms with Crippen molar-refractivity contribution in [2.24, 2.45) is 23.5 Å². The summed E-state index contributed by atoms with van der Waals surface area (Å²) in [6.07, 6.45) is 7.02. The van der Waals surface area contributed by atoms with Gasteiger partial charge in [-0.1, -0.05) is 46.0 Å². The normalized spacial score (nSPS) is 26.6. The molecular formula is C23H42N2O4. The molecule has 29 heavy (non-hydrogen) atoms. The highest BCUT2D eigenvalue weighted by atomic mass is 16.6. The number of carbonyl (C=O) groups excluding carboxylic acids is 2. The van der Waals surface area contributed by atoms with Crippen molar-refractivity contribution in [3.63, 3.8) is 0 Å². The lowest BCUT2D eigenvalue weighted by molar-refractivity contribution is -0.126. The molecule has 1 saturated carbocycles. The molecule has 0 aromatic rings. The van der Waals surface area contributed by atoms with Crippen molar-refractivity contribution in [3.05, 3.63) is 0 Å². The number of hydrogen-bond donors (Lipinski definition) is 1. The van der Waals surface area contributed by atoms with E-state index in [9.17, 15) is 9.59 Å². The Hall–Kier alpha value is -1.30. The average Bonchev–Trinajstić information content (AvgIpc) is 2.81. The van der Waals surface area contributed by atoms with Gasteiger partial charge in [0.1, 0.15) is 11.3 Å². The summed E-state index contributed by atoms with van der Waals surface area (Å²) >= 11 is 0. The van der Waals surface area contributed by atoms with Gasteiger partial charge < -0.3 is 15.2 Å². The molecule has 0 aromatic heterocycles. The minimum absolute atomic E-state index is 0.108. The van der Waals surface area contributed by atoms with Crippen LogP contribution in [0, 0.1) is 17.8 Å². The molecule has 0 spiro atoms. The fraction of sp³-hybridized carbons (Fsp3) is 0.913. The van der Waals surface area contributed by atoms with Crippen LogP contribution < -0.4 is 5.73 Å². The number of nitrogens with two attached hydrogens (primary N) is 1. The van der Waals surface area contributed by atoms with Crippen LogP contribution >= 0.6 is 0 Å². The van der Waals surface area contributed by atoms with Gasteiger partial charge in [-0.3, -0.25) is 9.69 Å². The predicted octanol–water partition coefficient (Wildman–Crippen LogP) is 4.85. The van der Waals surface area contributed by atoms with E-state index in [0.717, 1.165) is 6.42 Å². The van der Waals surface area contributed by atoms with Crippen LogP contribution in [0.25, 0.3) is 0 Å². The van der Waals surface area contributed by atoms with Gasteiger partial charge in [0.05, 0.1) is 12.1 Å². The zero-order valence-corrected chi connectivity index (χ0v) is 19.5. The van der Waals surface area contributed by atoms with E-state index in [0.29, 0.717) is 12.3 Å². The number of ether oxygens (including phenoxy) is 2. The van der Waals surface area contributed by atoms with Crippen LogP contribution in [0.5, 0.6) is 0 Å². The smallest absolute Gasteiger partial charge is 0.412 e. The molecule has 1 aliphatic carbocycles. The van der Waals surface area contributed by atoms with Gasteiger partial charge in [0.2, 0.25) is 5.91 Å². The molecule has 2 rings (SSSR count). The number of carbonyl (C=O) groups is 2. The van der Waals surface area contributed by atoms with Gasteiger partial charge in [0.15, 0.2) is 0 Å². The van der Waals surface area contributed by atoms with Crippen LogP contribution in [-0.4, -0.2) is 40.4 Å². The molecule has 0 radical (unpaired) electrons. The molecule has 1 heterocycles. The van der Waals surface area contributed by atoms with Crippen LogP contribution in [0.1, 0.15) is 93.4 Å². The first-order valence-corrected chi connectivity index (χ1v) is 11.3. The van der Waals surface area contributed by atoms with E-state index in [1.807, 2.05) is 48.5 Å². The number of hydrogen-bond acceptors (Lipinski definition) is 4. The predicted molar refractivity (Wildman–Crippen MR) is 114 cm³/mol. The van der Waals surface area contributed by atoms with Crippen molar-refractivity contribution in [2.45, 2.75) is 117 Å². The maximum Gasteiger partial charge on any atom is 0.412 e. The zero-order valence-electron chi connectivity index (χ0n) is 19.5. The quantitative estimate of drug-likeness (QED) is 0.679. The molecule has 6 heteroatoms. The van der Waals surface area contributed by atoms with Crippen LogP contribution in [0.2, 0.25) is 0 Å². The molecular weight excluding hydrogens is 368 g/mol. The topological polar surface area (TPSA) is 81.9 Å².